The van der Waals surface area contributed by atoms with Gasteiger partial charge in [-0.05, 0) is 41.8 Å². The molecule has 7 nitrogen and oxygen atoms in total. The van der Waals surface area contributed by atoms with E-state index in [1.54, 1.807) is 48.5 Å². The molecule has 0 bridgehead atoms. The third kappa shape index (κ3) is 5.62. The minimum Gasteiger partial charge on any atom is -0.508 e. The maximum absolute atomic E-state index is 12.0. The summed E-state index contributed by atoms with van der Waals surface area (Å²) in [5, 5.41) is 13.9. The lowest BCUT2D eigenvalue weighted by Gasteiger charge is -2.07. The largest absolute Gasteiger partial charge is 0.508 e. The number of aromatic hydroxyl groups is 1. The third-order valence-corrected chi connectivity index (χ3v) is 3.44. The van der Waals surface area contributed by atoms with Crippen LogP contribution in [0, 0.1) is 0 Å². The Hall–Kier alpha value is -3.35. The van der Waals surface area contributed by atoms with Gasteiger partial charge in [0.25, 0.3) is 5.91 Å². The number of rotatable bonds is 6. The smallest absolute Gasteiger partial charge is 0.338 e. The molecular formula is C19H20N2O5. The average Bonchev–Trinajstić information content (AvgIpc) is 2.65. The van der Waals surface area contributed by atoms with Gasteiger partial charge in [-0.3, -0.25) is 10.1 Å². The zero-order valence-corrected chi connectivity index (χ0v) is 14.3. The number of hydrogen-bond donors (Lipinski definition) is 3. The van der Waals surface area contributed by atoms with Crippen LogP contribution in [0.5, 0.6) is 5.75 Å². The van der Waals surface area contributed by atoms with Gasteiger partial charge in [-0.15, -0.1) is 0 Å². The first-order chi connectivity index (χ1) is 12.5. The van der Waals surface area contributed by atoms with E-state index in [4.69, 9.17) is 4.74 Å². The van der Waals surface area contributed by atoms with E-state index in [2.05, 4.69) is 10.6 Å². The summed E-state index contributed by atoms with van der Waals surface area (Å²) in [5.41, 5.74) is 2.04. The van der Waals surface area contributed by atoms with E-state index in [1.807, 2.05) is 6.92 Å². The van der Waals surface area contributed by atoms with E-state index in [1.165, 1.54) is 0 Å². The fraction of sp³-hybridized carbons (Fsp3) is 0.211. The van der Waals surface area contributed by atoms with Gasteiger partial charge < -0.3 is 15.2 Å². The molecule has 0 aliphatic rings. The van der Waals surface area contributed by atoms with Crippen LogP contribution >= 0.6 is 0 Å². The third-order valence-electron chi connectivity index (χ3n) is 3.44. The maximum atomic E-state index is 12.0. The van der Waals surface area contributed by atoms with Gasteiger partial charge in [0, 0.05) is 6.54 Å². The van der Waals surface area contributed by atoms with Crippen molar-refractivity contribution in [2.24, 2.45) is 0 Å². The van der Waals surface area contributed by atoms with Gasteiger partial charge in [0.2, 0.25) is 0 Å². The van der Waals surface area contributed by atoms with Crippen molar-refractivity contribution in [3.8, 4) is 16.9 Å². The number of nitrogens with one attached hydrogen (secondary N) is 2. The standard InChI is InChI=1S/C19H20N2O5/c1-2-11-20-19(25)21-17(23)12-26-18(24)15-5-3-13(4-6-15)14-7-9-16(22)10-8-14/h3-10,22H,2,11-12H2,1H3,(H2,20,21,23,25). The first kappa shape index (κ1) is 19.0. The SMILES string of the molecule is CCCNC(=O)NC(=O)COC(=O)c1ccc(-c2ccc(O)cc2)cc1. The lowest BCUT2D eigenvalue weighted by Crippen LogP contribution is -2.41. The number of ether oxygens (including phenoxy) is 1. The average molecular weight is 356 g/mol. The number of urea groups is 1. The molecule has 3 amide bonds. The number of phenolic OH excluding ortho intramolecular Hbond substituents is 1. The summed E-state index contributed by atoms with van der Waals surface area (Å²) < 4.78 is 4.89. The predicted octanol–water partition coefficient (Wildman–Crippen LogP) is 2.45. The molecule has 0 aromatic heterocycles. The molecule has 0 saturated carbocycles. The Kier molecular flexibility index (Phi) is 6.73. The van der Waals surface area contributed by atoms with Gasteiger partial charge in [-0.2, -0.15) is 0 Å². The highest BCUT2D eigenvalue weighted by Crippen LogP contribution is 2.22. The maximum Gasteiger partial charge on any atom is 0.338 e. The Bertz CT molecular complexity index is 770. The van der Waals surface area contributed by atoms with Crippen LogP contribution in [-0.2, 0) is 9.53 Å². The quantitative estimate of drug-likeness (QED) is 0.690. The zero-order chi connectivity index (χ0) is 18.9. The summed E-state index contributed by atoms with van der Waals surface area (Å²) in [7, 11) is 0. The molecule has 2 rings (SSSR count). The van der Waals surface area contributed by atoms with E-state index in [-0.39, 0.29) is 11.3 Å². The van der Waals surface area contributed by atoms with Crippen LogP contribution in [0.1, 0.15) is 23.7 Å². The summed E-state index contributed by atoms with van der Waals surface area (Å²) in [4.78, 5) is 34.8. The van der Waals surface area contributed by atoms with E-state index >= 15 is 0 Å². The minimum absolute atomic E-state index is 0.176. The summed E-state index contributed by atoms with van der Waals surface area (Å²) in [6, 6.07) is 12.7. The molecule has 136 valence electrons. The topological polar surface area (TPSA) is 105 Å². The number of esters is 1. The molecule has 0 aliphatic heterocycles. The molecule has 0 fully saturated rings. The number of hydrogen-bond acceptors (Lipinski definition) is 5. The van der Waals surface area contributed by atoms with E-state index in [0.717, 1.165) is 17.5 Å². The van der Waals surface area contributed by atoms with Crippen molar-refractivity contribution in [3.63, 3.8) is 0 Å². The van der Waals surface area contributed by atoms with Crippen LogP contribution < -0.4 is 10.6 Å². The monoisotopic (exact) mass is 356 g/mol. The molecule has 0 heterocycles. The Morgan fingerprint density at radius 2 is 1.54 bits per heavy atom. The predicted molar refractivity (Wildman–Crippen MR) is 95.7 cm³/mol. The number of benzene rings is 2. The van der Waals surface area contributed by atoms with Crippen molar-refractivity contribution in [2.45, 2.75) is 13.3 Å². The highest BCUT2D eigenvalue weighted by atomic mass is 16.5. The van der Waals surface area contributed by atoms with Crippen LogP contribution in [0.15, 0.2) is 48.5 Å². The molecule has 0 spiro atoms. The van der Waals surface area contributed by atoms with Crippen LogP contribution in [-0.4, -0.2) is 36.2 Å². The van der Waals surface area contributed by atoms with Crippen LogP contribution in [0.3, 0.4) is 0 Å². The summed E-state index contributed by atoms with van der Waals surface area (Å²) in [5.74, 6) is -1.19. The normalized spacial score (nSPS) is 10.0. The fourth-order valence-electron chi connectivity index (χ4n) is 2.11. The molecule has 2 aromatic rings. The second kappa shape index (κ2) is 9.22. The van der Waals surface area contributed by atoms with E-state index < -0.39 is 24.5 Å². The van der Waals surface area contributed by atoms with Crippen molar-refractivity contribution in [3.05, 3.63) is 54.1 Å². The second-order valence-corrected chi connectivity index (χ2v) is 5.50. The fourth-order valence-corrected chi connectivity index (χ4v) is 2.11. The van der Waals surface area contributed by atoms with Gasteiger partial charge in [0.15, 0.2) is 6.61 Å². The Morgan fingerprint density at radius 3 is 2.12 bits per heavy atom. The van der Waals surface area contributed by atoms with E-state index in [0.29, 0.717) is 6.54 Å². The Balaban J connectivity index is 1.87. The zero-order valence-electron chi connectivity index (χ0n) is 14.3. The molecule has 7 heteroatoms. The van der Waals surface area contributed by atoms with Gasteiger partial charge >= 0.3 is 12.0 Å². The first-order valence-electron chi connectivity index (χ1n) is 8.14. The molecule has 0 unspecified atom stereocenters. The molecule has 26 heavy (non-hydrogen) atoms. The molecule has 2 aromatic carbocycles. The number of carbonyl (C=O) groups is 3. The van der Waals surface area contributed by atoms with Crippen molar-refractivity contribution in [1.82, 2.24) is 10.6 Å². The number of carbonyl (C=O) groups excluding carboxylic acids is 3. The first-order valence-corrected chi connectivity index (χ1v) is 8.14. The molecule has 0 saturated heterocycles. The highest BCUT2D eigenvalue weighted by molar-refractivity contribution is 5.97. The number of amides is 3. The Morgan fingerprint density at radius 1 is 0.962 bits per heavy atom. The molecule has 3 N–H and O–H groups in total. The second-order valence-electron chi connectivity index (χ2n) is 5.50. The molecule has 0 aliphatic carbocycles. The van der Waals surface area contributed by atoms with Crippen molar-refractivity contribution in [1.29, 1.82) is 0 Å². The number of imide groups is 1. The van der Waals surface area contributed by atoms with Crippen molar-refractivity contribution >= 4 is 17.9 Å². The van der Waals surface area contributed by atoms with Crippen LogP contribution in [0.25, 0.3) is 11.1 Å². The summed E-state index contributed by atoms with van der Waals surface area (Å²) in [6.07, 6.45) is 0.747. The number of phenols is 1. The Labute approximate surface area is 151 Å². The molecular weight excluding hydrogens is 336 g/mol. The van der Waals surface area contributed by atoms with Gasteiger partial charge in [0.05, 0.1) is 5.56 Å². The van der Waals surface area contributed by atoms with Crippen LogP contribution in [0.4, 0.5) is 4.79 Å². The molecule has 0 radical (unpaired) electrons. The van der Waals surface area contributed by atoms with Gasteiger partial charge in [0.1, 0.15) is 5.75 Å². The van der Waals surface area contributed by atoms with Crippen LogP contribution in [0.2, 0.25) is 0 Å². The lowest BCUT2D eigenvalue weighted by molar-refractivity contribution is -0.123. The summed E-state index contributed by atoms with van der Waals surface area (Å²) in [6.45, 7) is 1.79. The lowest BCUT2D eigenvalue weighted by atomic mass is 10.0. The van der Waals surface area contributed by atoms with Crippen molar-refractivity contribution < 1.29 is 24.2 Å². The minimum atomic E-state index is -0.701. The van der Waals surface area contributed by atoms with Crippen molar-refractivity contribution in [2.75, 3.05) is 13.2 Å². The highest BCUT2D eigenvalue weighted by Gasteiger charge is 2.12. The van der Waals surface area contributed by atoms with Gasteiger partial charge in [-0.25, -0.2) is 9.59 Å². The van der Waals surface area contributed by atoms with Gasteiger partial charge in [-0.1, -0.05) is 31.2 Å². The summed E-state index contributed by atoms with van der Waals surface area (Å²) >= 11 is 0. The van der Waals surface area contributed by atoms with E-state index in [9.17, 15) is 19.5 Å². The molecule has 0 atom stereocenters.